The van der Waals surface area contributed by atoms with E-state index >= 15 is 0 Å². The Morgan fingerprint density at radius 2 is 2.11 bits per heavy atom. The summed E-state index contributed by atoms with van der Waals surface area (Å²) in [6, 6.07) is 9.20. The lowest BCUT2D eigenvalue weighted by Crippen LogP contribution is -2.51. The number of piperidine rings is 1. The van der Waals surface area contributed by atoms with Gasteiger partial charge in [0.05, 0.1) is 47.4 Å². The Balaban J connectivity index is 1.26. The minimum atomic E-state index is 0.00411. The highest BCUT2D eigenvalue weighted by molar-refractivity contribution is 7.19. The second-order valence-electron chi connectivity index (χ2n) is 10.1. The molecule has 0 bridgehead atoms. The quantitative estimate of drug-likeness (QED) is 0.376. The first-order valence-corrected chi connectivity index (χ1v) is 13.9. The molecule has 0 radical (unpaired) electrons. The number of morpholine rings is 1. The first kappa shape index (κ1) is 24.8. The van der Waals surface area contributed by atoms with Crippen LogP contribution in [0, 0.1) is 0 Å². The van der Waals surface area contributed by atoms with E-state index in [1.54, 1.807) is 13.4 Å². The van der Waals surface area contributed by atoms with Crippen LogP contribution in [0.25, 0.3) is 21.1 Å². The summed E-state index contributed by atoms with van der Waals surface area (Å²) in [5.41, 5.74) is 3.29. The van der Waals surface area contributed by atoms with Gasteiger partial charge in [-0.1, -0.05) is 12.1 Å². The maximum atomic E-state index is 6.35. The summed E-state index contributed by atoms with van der Waals surface area (Å²) < 4.78 is 12.8. The Kier molecular flexibility index (Phi) is 7.46. The molecule has 0 amide bonds. The molecule has 37 heavy (non-hydrogen) atoms. The van der Waals surface area contributed by atoms with Crippen LogP contribution in [-0.4, -0.2) is 101 Å². The Hall–Kier alpha value is -2.47. The van der Waals surface area contributed by atoms with Crippen molar-refractivity contribution in [2.45, 2.75) is 31.2 Å². The zero-order valence-electron chi connectivity index (χ0n) is 21.5. The Morgan fingerprint density at radius 3 is 2.95 bits per heavy atom. The number of hydrogen-bond acceptors (Lipinski definition) is 9. The molecule has 0 saturated carbocycles. The predicted molar refractivity (Wildman–Crippen MR) is 146 cm³/mol. The van der Waals surface area contributed by atoms with E-state index in [0.717, 1.165) is 73.3 Å². The minimum absolute atomic E-state index is 0.00411. The molecular formula is C27H35N7O2S. The van der Waals surface area contributed by atoms with Gasteiger partial charge >= 0.3 is 0 Å². The van der Waals surface area contributed by atoms with E-state index in [1.165, 1.54) is 10.4 Å². The maximum absolute atomic E-state index is 6.35. The zero-order valence-corrected chi connectivity index (χ0v) is 22.4. The van der Waals surface area contributed by atoms with Crippen LogP contribution in [0.2, 0.25) is 0 Å². The van der Waals surface area contributed by atoms with Crippen LogP contribution in [0.3, 0.4) is 0 Å². The lowest BCUT2D eigenvalue weighted by atomic mass is 10.0. The molecule has 5 heterocycles. The van der Waals surface area contributed by atoms with Crippen LogP contribution in [0.5, 0.6) is 0 Å². The number of ether oxygens (including phenoxy) is 2. The molecule has 2 atom stereocenters. The number of likely N-dealkylation sites (tertiary alicyclic amines) is 1. The van der Waals surface area contributed by atoms with Gasteiger partial charge in [-0.05, 0) is 37.6 Å². The largest absolute Gasteiger partial charge is 0.383 e. The molecule has 1 aromatic carbocycles. The van der Waals surface area contributed by atoms with Crippen molar-refractivity contribution in [2.24, 2.45) is 0 Å². The predicted octanol–water partition coefficient (Wildman–Crippen LogP) is 3.68. The van der Waals surface area contributed by atoms with Gasteiger partial charge in [0, 0.05) is 62.3 Å². The van der Waals surface area contributed by atoms with Gasteiger partial charge in [-0.25, -0.2) is 9.97 Å². The molecule has 10 heteroatoms. The number of benzene rings is 1. The highest BCUT2D eigenvalue weighted by Gasteiger charge is 2.36. The topological polar surface area (TPSA) is 82.6 Å². The highest BCUT2D eigenvalue weighted by atomic mass is 32.1. The molecule has 2 aliphatic rings. The number of hydrogen-bond donors (Lipinski definition) is 1. The number of fused-ring (bicyclic) bond motifs is 2. The third-order valence-corrected chi connectivity index (χ3v) is 8.99. The summed E-state index contributed by atoms with van der Waals surface area (Å²) in [7, 11) is 4.00. The fraction of sp³-hybridized carbons (Fsp3) is 0.519. The average Bonchev–Trinajstić information content (AvgIpc) is 3.59. The number of H-pyrrole nitrogens is 1. The number of nitrogens with one attached hydrogen (secondary N) is 1. The van der Waals surface area contributed by atoms with Crippen LogP contribution in [-0.2, 0) is 9.47 Å². The third-order valence-electron chi connectivity index (χ3n) is 7.89. The summed E-state index contributed by atoms with van der Waals surface area (Å²) in [4.78, 5) is 17.9. The molecule has 2 aliphatic heterocycles. The van der Waals surface area contributed by atoms with Crippen LogP contribution < -0.4 is 0 Å². The van der Waals surface area contributed by atoms with Crippen LogP contribution in [0.1, 0.15) is 35.6 Å². The van der Waals surface area contributed by atoms with E-state index in [-0.39, 0.29) is 12.3 Å². The number of thiophene rings is 1. The van der Waals surface area contributed by atoms with Crippen molar-refractivity contribution >= 4 is 32.5 Å². The minimum Gasteiger partial charge on any atom is -0.383 e. The van der Waals surface area contributed by atoms with E-state index in [9.17, 15) is 0 Å². The summed E-state index contributed by atoms with van der Waals surface area (Å²) in [5.74, 6) is 0. The van der Waals surface area contributed by atoms with Crippen LogP contribution in [0.15, 0.2) is 43.0 Å². The second kappa shape index (κ2) is 11.1. The van der Waals surface area contributed by atoms with Crippen molar-refractivity contribution in [3.05, 3.63) is 53.4 Å². The van der Waals surface area contributed by atoms with Crippen LogP contribution >= 0.6 is 11.3 Å². The van der Waals surface area contributed by atoms with E-state index in [2.05, 4.69) is 66.2 Å². The summed E-state index contributed by atoms with van der Waals surface area (Å²) in [6.45, 7) is 6.32. The van der Waals surface area contributed by atoms with Gasteiger partial charge in [-0.2, -0.15) is 5.10 Å². The SMILES string of the molecule is COCCN(C)C1CCN(C(c2cc3ncncc3s2)N2CCOC(c3cccc4[nH]ncc34)C2)CC1. The number of likely N-dealkylation sites (N-methyl/N-ethyl adjacent to an activating group) is 1. The van der Waals surface area contributed by atoms with Crippen molar-refractivity contribution in [1.29, 1.82) is 0 Å². The first-order chi connectivity index (χ1) is 18.2. The molecule has 196 valence electrons. The Morgan fingerprint density at radius 1 is 1.22 bits per heavy atom. The van der Waals surface area contributed by atoms with Gasteiger partial charge in [0.1, 0.15) is 6.33 Å². The van der Waals surface area contributed by atoms with Gasteiger partial charge < -0.3 is 14.4 Å². The van der Waals surface area contributed by atoms with Gasteiger partial charge in [0.25, 0.3) is 0 Å². The molecule has 0 aliphatic carbocycles. The fourth-order valence-electron chi connectivity index (χ4n) is 5.86. The van der Waals surface area contributed by atoms with E-state index in [1.807, 2.05) is 23.7 Å². The first-order valence-electron chi connectivity index (χ1n) is 13.1. The summed E-state index contributed by atoms with van der Waals surface area (Å²) >= 11 is 1.82. The highest BCUT2D eigenvalue weighted by Crippen LogP contribution is 2.38. The van der Waals surface area contributed by atoms with Crippen molar-refractivity contribution in [3.63, 3.8) is 0 Å². The van der Waals surface area contributed by atoms with Gasteiger partial charge in [-0.15, -0.1) is 11.3 Å². The Bertz CT molecular complexity index is 1290. The Labute approximate surface area is 221 Å². The molecular weight excluding hydrogens is 486 g/mol. The number of aromatic nitrogens is 4. The average molecular weight is 522 g/mol. The fourth-order valence-corrected chi connectivity index (χ4v) is 7.02. The van der Waals surface area contributed by atoms with Gasteiger partial charge in [-0.3, -0.25) is 14.9 Å². The molecule has 2 unspecified atom stereocenters. The van der Waals surface area contributed by atoms with Gasteiger partial charge in [0.2, 0.25) is 0 Å². The van der Waals surface area contributed by atoms with Crippen molar-refractivity contribution in [1.82, 2.24) is 34.9 Å². The maximum Gasteiger partial charge on any atom is 0.116 e. The lowest BCUT2D eigenvalue weighted by molar-refractivity contribution is -0.0830. The second-order valence-corrected chi connectivity index (χ2v) is 11.2. The van der Waals surface area contributed by atoms with Crippen molar-refractivity contribution in [2.75, 3.05) is 60.1 Å². The van der Waals surface area contributed by atoms with Crippen molar-refractivity contribution in [3.8, 4) is 0 Å². The van der Waals surface area contributed by atoms with Crippen molar-refractivity contribution < 1.29 is 9.47 Å². The number of rotatable bonds is 8. The molecule has 0 spiro atoms. The van der Waals surface area contributed by atoms with Gasteiger partial charge in [0.15, 0.2) is 0 Å². The molecule has 9 nitrogen and oxygen atoms in total. The molecule has 6 rings (SSSR count). The zero-order chi connectivity index (χ0) is 25.2. The summed E-state index contributed by atoms with van der Waals surface area (Å²) in [5, 5.41) is 8.51. The smallest absolute Gasteiger partial charge is 0.116 e. The van der Waals surface area contributed by atoms with E-state index in [0.29, 0.717) is 12.6 Å². The normalized spacial score (nSPS) is 21.3. The number of methoxy groups -OCH3 is 1. The third kappa shape index (κ3) is 5.14. The monoisotopic (exact) mass is 521 g/mol. The number of nitrogens with zero attached hydrogens (tertiary/aromatic N) is 6. The standard InChI is InChI=1S/C27H35N7O2S/c1-32(10-12-35-2)19-6-8-33(9-7-19)27(25-14-23-26(37-25)16-28-18-29-23)34-11-13-36-24(17-34)20-4-3-5-22-21(20)15-30-31-22/h3-5,14-16,18-19,24,27H,6-13,17H2,1-2H3,(H,30,31). The molecule has 3 aromatic heterocycles. The van der Waals surface area contributed by atoms with E-state index < -0.39 is 0 Å². The van der Waals surface area contributed by atoms with Crippen LogP contribution in [0.4, 0.5) is 0 Å². The molecule has 2 saturated heterocycles. The molecule has 1 N–H and O–H groups in total. The summed E-state index contributed by atoms with van der Waals surface area (Å²) in [6.07, 6.45) is 8.01. The molecule has 2 fully saturated rings. The lowest BCUT2D eigenvalue weighted by Gasteiger charge is -2.46. The van der Waals surface area contributed by atoms with E-state index in [4.69, 9.17) is 9.47 Å². The number of aromatic amines is 1. The molecule has 4 aromatic rings.